The van der Waals surface area contributed by atoms with Gasteiger partial charge in [-0.15, -0.1) is 0 Å². The van der Waals surface area contributed by atoms with E-state index in [1.54, 1.807) is 18.2 Å². The zero-order chi connectivity index (χ0) is 16.8. The van der Waals surface area contributed by atoms with Crippen LogP contribution in [0.2, 0.25) is 5.02 Å². The molecule has 7 heteroatoms. The topological polar surface area (TPSA) is 59.6 Å². The molecule has 0 aliphatic heterocycles. The molecule has 2 N–H and O–H groups in total. The van der Waals surface area contributed by atoms with Gasteiger partial charge in [-0.25, -0.2) is 4.39 Å². The molecule has 0 radical (unpaired) electrons. The molecule has 0 unspecified atom stereocenters. The van der Waals surface area contributed by atoms with E-state index in [4.69, 9.17) is 21.1 Å². The van der Waals surface area contributed by atoms with E-state index in [-0.39, 0.29) is 18.1 Å². The van der Waals surface area contributed by atoms with E-state index in [2.05, 4.69) is 10.6 Å². The minimum atomic E-state index is -0.481. The van der Waals surface area contributed by atoms with Crippen LogP contribution in [0.4, 0.5) is 15.8 Å². The van der Waals surface area contributed by atoms with E-state index >= 15 is 0 Å². The summed E-state index contributed by atoms with van der Waals surface area (Å²) in [5.41, 5.74) is 0.676. The van der Waals surface area contributed by atoms with Crippen LogP contribution in [0.1, 0.15) is 0 Å². The second-order valence-electron chi connectivity index (χ2n) is 4.63. The van der Waals surface area contributed by atoms with Crippen LogP contribution in [0.5, 0.6) is 11.5 Å². The summed E-state index contributed by atoms with van der Waals surface area (Å²) < 4.78 is 23.8. The minimum absolute atomic E-state index is 0.114. The van der Waals surface area contributed by atoms with Gasteiger partial charge in [-0.3, -0.25) is 4.79 Å². The van der Waals surface area contributed by atoms with Crippen LogP contribution < -0.4 is 20.1 Å². The van der Waals surface area contributed by atoms with Gasteiger partial charge in [0.05, 0.1) is 26.5 Å². The molecule has 1 amide bonds. The number of halogens is 2. The highest BCUT2D eigenvalue weighted by Crippen LogP contribution is 2.25. The number of rotatable bonds is 6. The van der Waals surface area contributed by atoms with Gasteiger partial charge < -0.3 is 20.1 Å². The summed E-state index contributed by atoms with van der Waals surface area (Å²) in [6.45, 7) is -0.114. The first-order valence-electron chi connectivity index (χ1n) is 6.73. The maximum atomic E-state index is 13.6. The van der Waals surface area contributed by atoms with E-state index in [0.717, 1.165) is 0 Å². The monoisotopic (exact) mass is 338 g/mol. The number of methoxy groups -OCH3 is 2. The van der Waals surface area contributed by atoms with Gasteiger partial charge in [0, 0.05) is 28.9 Å². The maximum absolute atomic E-state index is 13.6. The fourth-order valence-corrected chi connectivity index (χ4v) is 2.07. The average molecular weight is 339 g/mol. The third-order valence-corrected chi connectivity index (χ3v) is 3.24. The molecule has 0 aromatic heterocycles. The minimum Gasteiger partial charge on any atom is -0.497 e. The van der Waals surface area contributed by atoms with Gasteiger partial charge in [0.25, 0.3) is 0 Å². The first-order chi connectivity index (χ1) is 11.0. The number of hydrogen-bond acceptors (Lipinski definition) is 4. The highest BCUT2D eigenvalue weighted by Gasteiger charge is 2.08. The van der Waals surface area contributed by atoms with Crippen molar-refractivity contribution < 1.29 is 18.7 Å². The van der Waals surface area contributed by atoms with Crippen LogP contribution in [-0.4, -0.2) is 26.7 Å². The Morgan fingerprint density at radius 1 is 1.13 bits per heavy atom. The summed E-state index contributed by atoms with van der Waals surface area (Å²) in [5, 5.41) is 5.76. The van der Waals surface area contributed by atoms with Crippen LogP contribution in [0.3, 0.4) is 0 Å². The second kappa shape index (κ2) is 7.69. The van der Waals surface area contributed by atoms with E-state index < -0.39 is 5.82 Å². The molecule has 0 spiro atoms. The van der Waals surface area contributed by atoms with E-state index in [1.807, 2.05) is 0 Å². The van der Waals surface area contributed by atoms with Gasteiger partial charge in [-0.2, -0.15) is 0 Å². The lowest BCUT2D eigenvalue weighted by Crippen LogP contribution is -2.22. The number of carbonyl (C=O) groups excluding carboxylic acids is 1. The van der Waals surface area contributed by atoms with Crippen molar-refractivity contribution in [3.05, 3.63) is 47.2 Å². The van der Waals surface area contributed by atoms with E-state index in [1.165, 1.54) is 32.4 Å². The third-order valence-electron chi connectivity index (χ3n) is 3.00. The average Bonchev–Trinajstić information content (AvgIpc) is 2.55. The molecule has 0 atom stereocenters. The van der Waals surface area contributed by atoms with Crippen molar-refractivity contribution in [2.24, 2.45) is 0 Å². The number of ether oxygens (including phenoxy) is 2. The summed E-state index contributed by atoms with van der Waals surface area (Å²) in [6, 6.07) is 9.08. The summed E-state index contributed by atoms with van der Waals surface area (Å²) in [7, 11) is 3.04. The fraction of sp³-hybridized carbons (Fsp3) is 0.188. The third kappa shape index (κ3) is 4.75. The van der Waals surface area contributed by atoms with Gasteiger partial charge in [0.1, 0.15) is 17.3 Å². The molecule has 2 aromatic rings. The number of hydrogen-bond donors (Lipinski definition) is 2. The lowest BCUT2D eigenvalue weighted by molar-refractivity contribution is -0.114. The molecule has 0 fully saturated rings. The molecule has 0 saturated carbocycles. The Balaban J connectivity index is 2.01. The Morgan fingerprint density at radius 2 is 1.78 bits per heavy atom. The molecule has 0 aliphatic carbocycles. The van der Waals surface area contributed by atoms with E-state index in [9.17, 15) is 9.18 Å². The first kappa shape index (κ1) is 16.9. The number of carbonyl (C=O) groups is 1. The van der Waals surface area contributed by atoms with Gasteiger partial charge >= 0.3 is 0 Å². The van der Waals surface area contributed by atoms with Crippen LogP contribution in [0, 0.1) is 5.82 Å². The Kier molecular flexibility index (Phi) is 5.65. The normalized spacial score (nSPS) is 10.1. The fourth-order valence-electron chi connectivity index (χ4n) is 1.89. The molecule has 0 aliphatic rings. The molecular weight excluding hydrogens is 323 g/mol. The maximum Gasteiger partial charge on any atom is 0.243 e. The zero-order valence-electron chi connectivity index (χ0n) is 12.7. The number of anilines is 2. The van der Waals surface area contributed by atoms with Crippen LogP contribution in [0.25, 0.3) is 0 Å². The molecule has 0 heterocycles. The van der Waals surface area contributed by atoms with Crippen molar-refractivity contribution in [3.63, 3.8) is 0 Å². The van der Waals surface area contributed by atoms with Gasteiger partial charge in [0.2, 0.25) is 5.91 Å². The molecule has 2 rings (SSSR count). The molecule has 23 heavy (non-hydrogen) atoms. The predicted molar refractivity (Wildman–Crippen MR) is 88.1 cm³/mol. The standard InChI is InChI=1S/C16H16ClFN2O3/c1-22-12-6-11(7-13(8-12)23-2)20-16(21)9-19-15-5-10(17)3-4-14(15)18/h3-8,19H,9H2,1-2H3,(H,20,21). The molecule has 0 saturated heterocycles. The zero-order valence-corrected chi connectivity index (χ0v) is 13.4. The molecule has 122 valence electrons. The summed E-state index contributed by atoms with van der Waals surface area (Å²) in [4.78, 5) is 12.0. The van der Waals surface area contributed by atoms with Crippen molar-refractivity contribution >= 4 is 28.9 Å². The van der Waals surface area contributed by atoms with Crippen LogP contribution in [-0.2, 0) is 4.79 Å². The lowest BCUT2D eigenvalue weighted by atomic mass is 10.2. The molecular formula is C16H16ClFN2O3. The second-order valence-corrected chi connectivity index (χ2v) is 5.06. The number of benzene rings is 2. The summed E-state index contributed by atoms with van der Waals surface area (Å²) in [6.07, 6.45) is 0. The molecule has 5 nitrogen and oxygen atoms in total. The van der Waals surface area contributed by atoms with Gasteiger partial charge in [0.15, 0.2) is 0 Å². The molecule has 0 bridgehead atoms. The van der Waals surface area contributed by atoms with Crippen molar-refractivity contribution in [3.8, 4) is 11.5 Å². The smallest absolute Gasteiger partial charge is 0.243 e. The van der Waals surface area contributed by atoms with Crippen LogP contribution in [0.15, 0.2) is 36.4 Å². The predicted octanol–water partition coefficient (Wildman–Crippen LogP) is 3.55. The Hall–Kier alpha value is -2.47. The summed E-state index contributed by atoms with van der Waals surface area (Å²) in [5.74, 6) is 0.270. The van der Waals surface area contributed by atoms with E-state index in [0.29, 0.717) is 22.2 Å². The lowest BCUT2D eigenvalue weighted by Gasteiger charge is -2.11. The van der Waals surface area contributed by atoms with Crippen molar-refractivity contribution in [1.29, 1.82) is 0 Å². The van der Waals surface area contributed by atoms with Gasteiger partial charge in [-0.1, -0.05) is 11.6 Å². The molecule has 2 aromatic carbocycles. The van der Waals surface area contributed by atoms with Gasteiger partial charge in [-0.05, 0) is 18.2 Å². The van der Waals surface area contributed by atoms with Crippen molar-refractivity contribution in [1.82, 2.24) is 0 Å². The van der Waals surface area contributed by atoms with Crippen LogP contribution >= 0.6 is 11.6 Å². The Morgan fingerprint density at radius 3 is 2.39 bits per heavy atom. The Labute approximate surface area is 138 Å². The Bertz CT molecular complexity index is 687. The number of amides is 1. The van der Waals surface area contributed by atoms with Crippen molar-refractivity contribution in [2.75, 3.05) is 31.4 Å². The largest absolute Gasteiger partial charge is 0.497 e. The van der Waals surface area contributed by atoms with Crippen molar-refractivity contribution in [2.45, 2.75) is 0 Å². The SMILES string of the molecule is COc1cc(NC(=O)CNc2cc(Cl)ccc2F)cc(OC)c1. The number of nitrogens with one attached hydrogen (secondary N) is 2. The quantitative estimate of drug-likeness (QED) is 0.845. The summed E-state index contributed by atoms with van der Waals surface area (Å²) >= 11 is 5.79. The first-order valence-corrected chi connectivity index (χ1v) is 7.11. The highest BCUT2D eigenvalue weighted by molar-refractivity contribution is 6.30. The highest BCUT2D eigenvalue weighted by atomic mass is 35.5.